The third kappa shape index (κ3) is 5.34. The van der Waals surface area contributed by atoms with E-state index in [2.05, 4.69) is 15.6 Å². The number of halogens is 2. The standard InChI is InChI=1S/C16H17Cl2N3O3S/c17-9-4-10(18)6-11(5-9)20-14(22)7-13-15(23)21-16(25-13)19-8-12-2-1-3-24-12/h4-6,12-13H,1-3,7-8H2,(H,20,22)(H,19,21,23). The lowest BCUT2D eigenvalue weighted by Gasteiger charge is -2.08. The summed E-state index contributed by atoms with van der Waals surface area (Å²) in [7, 11) is 0. The largest absolute Gasteiger partial charge is 0.376 e. The fourth-order valence-electron chi connectivity index (χ4n) is 2.59. The molecule has 1 aromatic carbocycles. The number of ether oxygens (including phenoxy) is 1. The zero-order valence-electron chi connectivity index (χ0n) is 13.3. The number of hydrogen-bond donors (Lipinski definition) is 2. The topological polar surface area (TPSA) is 79.8 Å². The van der Waals surface area contributed by atoms with Crippen LogP contribution in [0.4, 0.5) is 5.69 Å². The second-order valence-corrected chi connectivity index (χ2v) is 7.85. The quantitative estimate of drug-likeness (QED) is 0.794. The monoisotopic (exact) mass is 401 g/mol. The van der Waals surface area contributed by atoms with E-state index in [0.717, 1.165) is 19.4 Å². The molecule has 0 spiro atoms. The summed E-state index contributed by atoms with van der Waals surface area (Å²) in [5.41, 5.74) is 0.498. The van der Waals surface area contributed by atoms with Crippen LogP contribution in [-0.2, 0) is 14.3 Å². The van der Waals surface area contributed by atoms with Crippen LogP contribution in [0.1, 0.15) is 19.3 Å². The predicted molar refractivity (Wildman–Crippen MR) is 101 cm³/mol. The average molecular weight is 402 g/mol. The summed E-state index contributed by atoms with van der Waals surface area (Å²) in [6.45, 7) is 1.30. The molecule has 2 fully saturated rings. The minimum absolute atomic E-state index is 0.0413. The maximum atomic E-state index is 12.2. The van der Waals surface area contributed by atoms with Gasteiger partial charge in [-0.25, -0.2) is 0 Å². The Kier molecular flexibility index (Phi) is 6.22. The van der Waals surface area contributed by atoms with Crippen LogP contribution in [0.15, 0.2) is 23.2 Å². The van der Waals surface area contributed by atoms with Crippen LogP contribution in [0.3, 0.4) is 0 Å². The molecule has 2 aliphatic heterocycles. The van der Waals surface area contributed by atoms with Crippen molar-refractivity contribution in [1.82, 2.24) is 5.32 Å². The summed E-state index contributed by atoms with van der Waals surface area (Å²) in [4.78, 5) is 28.5. The van der Waals surface area contributed by atoms with Crippen molar-refractivity contribution in [2.75, 3.05) is 18.5 Å². The molecular weight excluding hydrogens is 385 g/mol. The lowest BCUT2D eigenvalue weighted by Crippen LogP contribution is -2.28. The van der Waals surface area contributed by atoms with E-state index in [-0.39, 0.29) is 24.3 Å². The van der Waals surface area contributed by atoms with Crippen molar-refractivity contribution in [3.05, 3.63) is 28.2 Å². The van der Waals surface area contributed by atoms with Gasteiger partial charge < -0.3 is 15.4 Å². The van der Waals surface area contributed by atoms with E-state index in [0.29, 0.717) is 27.4 Å². The molecular formula is C16H17Cl2N3O3S. The van der Waals surface area contributed by atoms with Gasteiger partial charge in [-0.3, -0.25) is 14.6 Å². The van der Waals surface area contributed by atoms with Crippen molar-refractivity contribution in [3.63, 3.8) is 0 Å². The van der Waals surface area contributed by atoms with E-state index >= 15 is 0 Å². The number of aliphatic imine (C=N–C) groups is 1. The molecule has 3 rings (SSSR count). The van der Waals surface area contributed by atoms with Crippen LogP contribution in [-0.4, -0.2) is 41.5 Å². The Labute approximate surface area is 159 Å². The van der Waals surface area contributed by atoms with E-state index in [1.807, 2.05) is 0 Å². The first kappa shape index (κ1) is 18.5. The van der Waals surface area contributed by atoms with Gasteiger partial charge in [0, 0.05) is 28.8 Å². The van der Waals surface area contributed by atoms with Crippen LogP contribution < -0.4 is 10.6 Å². The fraction of sp³-hybridized carbons (Fsp3) is 0.438. The number of nitrogens with one attached hydrogen (secondary N) is 2. The normalized spacial score (nSPS) is 24.6. The summed E-state index contributed by atoms with van der Waals surface area (Å²) in [6, 6.07) is 4.78. The number of anilines is 1. The minimum Gasteiger partial charge on any atom is -0.376 e. The van der Waals surface area contributed by atoms with Gasteiger partial charge in [-0.05, 0) is 31.0 Å². The maximum Gasteiger partial charge on any atom is 0.240 e. The first-order chi connectivity index (χ1) is 12.0. The molecule has 2 saturated heterocycles. The molecule has 6 nitrogen and oxygen atoms in total. The second-order valence-electron chi connectivity index (χ2n) is 5.79. The molecule has 1 aromatic rings. The molecule has 0 saturated carbocycles. The van der Waals surface area contributed by atoms with Crippen molar-refractivity contribution in [3.8, 4) is 0 Å². The summed E-state index contributed by atoms with van der Waals surface area (Å²) in [6.07, 6.45) is 2.20. The molecule has 2 N–H and O–H groups in total. The zero-order chi connectivity index (χ0) is 17.8. The highest BCUT2D eigenvalue weighted by Gasteiger charge is 2.32. The molecule has 134 valence electrons. The molecule has 2 unspecified atom stereocenters. The summed E-state index contributed by atoms with van der Waals surface area (Å²) < 4.78 is 5.50. The number of rotatable bonds is 5. The Morgan fingerprint density at radius 3 is 2.80 bits per heavy atom. The Bertz CT molecular complexity index is 688. The van der Waals surface area contributed by atoms with Gasteiger partial charge in [-0.15, -0.1) is 0 Å². The van der Waals surface area contributed by atoms with Crippen molar-refractivity contribution < 1.29 is 14.3 Å². The van der Waals surface area contributed by atoms with Crippen molar-refractivity contribution in [2.24, 2.45) is 4.99 Å². The summed E-state index contributed by atoms with van der Waals surface area (Å²) >= 11 is 13.1. The van der Waals surface area contributed by atoms with Gasteiger partial charge in [-0.1, -0.05) is 35.0 Å². The molecule has 9 heteroatoms. The Hall–Kier alpha value is -1.28. The predicted octanol–water partition coefficient (Wildman–Crippen LogP) is 3.09. The Morgan fingerprint density at radius 2 is 2.12 bits per heavy atom. The third-order valence-electron chi connectivity index (χ3n) is 3.76. The zero-order valence-corrected chi connectivity index (χ0v) is 15.6. The van der Waals surface area contributed by atoms with Crippen LogP contribution in [0, 0.1) is 0 Å². The molecule has 0 radical (unpaired) electrons. The molecule has 2 aliphatic rings. The van der Waals surface area contributed by atoms with Crippen LogP contribution >= 0.6 is 35.0 Å². The highest BCUT2D eigenvalue weighted by atomic mass is 35.5. The molecule has 0 aromatic heterocycles. The van der Waals surface area contributed by atoms with Crippen LogP contribution in [0.2, 0.25) is 10.0 Å². The van der Waals surface area contributed by atoms with Crippen molar-refractivity contribution in [2.45, 2.75) is 30.6 Å². The van der Waals surface area contributed by atoms with Gasteiger partial charge in [0.2, 0.25) is 11.8 Å². The SMILES string of the molecule is O=C(CC1SC(=NCC2CCCO2)NC1=O)Nc1cc(Cl)cc(Cl)c1. The number of carbonyl (C=O) groups is 2. The number of hydrogen-bond acceptors (Lipinski definition) is 5. The molecule has 0 aliphatic carbocycles. The highest BCUT2D eigenvalue weighted by molar-refractivity contribution is 8.15. The molecule has 2 amide bonds. The van der Waals surface area contributed by atoms with Crippen molar-refractivity contribution in [1.29, 1.82) is 0 Å². The van der Waals surface area contributed by atoms with Gasteiger partial charge in [0.1, 0.15) is 5.25 Å². The average Bonchev–Trinajstić information content (AvgIpc) is 3.14. The molecule has 2 atom stereocenters. The number of carbonyl (C=O) groups excluding carboxylic acids is 2. The van der Waals surface area contributed by atoms with E-state index < -0.39 is 5.25 Å². The summed E-state index contributed by atoms with van der Waals surface area (Å²) in [5.74, 6) is -0.498. The number of nitrogens with zero attached hydrogens (tertiary/aromatic N) is 1. The van der Waals surface area contributed by atoms with E-state index in [1.54, 1.807) is 18.2 Å². The van der Waals surface area contributed by atoms with Gasteiger partial charge in [-0.2, -0.15) is 0 Å². The van der Waals surface area contributed by atoms with Gasteiger partial charge >= 0.3 is 0 Å². The maximum absolute atomic E-state index is 12.2. The minimum atomic E-state index is -0.502. The molecule has 25 heavy (non-hydrogen) atoms. The fourth-order valence-corrected chi connectivity index (χ4v) is 4.10. The van der Waals surface area contributed by atoms with E-state index in [1.165, 1.54) is 11.8 Å². The number of amides is 2. The van der Waals surface area contributed by atoms with Gasteiger partial charge in [0.15, 0.2) is 5.17 Å². The highest BCUT2D eigenvalue weighted by Crippen LogP contribution is 2.25. The first-order valence-electron chi connectivity index (χ1n) is 7.89. The Balaban J connectivity index is 1.52. The Morgan fingerprint density at radius 1 is 1.36 bits per heavy atom. The molecule has 0 bridgehead atoms. The van der Waals surface area contributed by atoms with Gasteiger partial charge in [0.05, 0.1) is 12.6 Å². The van der Waals surface area contributed by atoms with E-state index in [4.69, 9.17) is 27.9 Å². The molecule has 2 heterocycles. The third-order valence-corrected chi connectivity index (χ3v) is 5.31. The number of benzene rings is 1. The van der Waals surface area contributed by atoms with Crippen LogP contribution in [0.25, 0.3) is 0 Å². The van der Waals surface area contributed by atoms with Gasteiger partial charge in [0.25, 0.3) is 0 Å². The van der Waals surface area contributed by atoms with Crippen molar-refractivity contribution >= 4 is 57.6 Å². The smallest absolute Gasteiger partial charge is 0.240 e. The van der Waals surface area contributed by atoms with E-state index in [9.17, 15) is 9.59 Å². The second kappa shape index (κ2) is 8.40. The summed E-state index contributed by atoms with van der Waals surface area (Å²) in [5, 5.41) is 6.32. The lowest BCUT2D eigenvalue weighted by molar-refractivity contribution is -0.122. The van der Waals surface area contributed by atoms with Crippen LogP contribution in [0.5, 0.6) is 0 Å². The number of amidine groups is 1. The number of thioether (sulfide) groups is 1. The first-order valence-corrected chi connectivity index (χ1v) is 9.52. The lowest BCUT2D eigenvalue weighted by atomic mass is 10.2.